The van der Waals surface area contributed by atoms with Crippen LogP contribution < -0.4 is 0 Å². The van der Waals surface area contributed by atoms with Crippen molar-refractivity contribution in [2.75, 3.05) is 6.61 Å². The molecule has 0 spiro atoms. The zero-order valence-electron chi connectivity index (χ0n) is 8.13. The highest BCUT2D eigenvalue weighted by Gasteiger charge is 2.09. The first-order chi connectivity index (χ1) is 7.31. The lowest BCUT2D eigenvalue weighted by Crippen LogP contribution is -1.98. The maximum absolute atomic E-state index is 9.45. The molecule has 0 radical (unpaired) electrons. The van der Waals surface area contributed by atoms with Gasteiger partial charge in [0.05, 0.1) is 6.61 Å². The van der Waals surface area contributed by atoms with Crippen molar-refractivity contribution in [3.63, 3.8) is 0 Å². The van der Waals surface area contributed by atoms with Gasteiger partial charge in [0.2, 0.25) is 0 Å². The molecule has 1 aromatic carbocycles. The van der Waals surface area contributed by atoms with E-state index in [1.54, 1.807) is 0 Å². The van der Waals surface area contributed by atoms with Gasteiger partial charge in [-0.05, 0) is 17.7 Å². The number of aliphatic hydroxyl groups excluding tert-OH is 2. The Morgan fingerprint density at radius 1 is 1.07 bits per heavy atom. The minimum atomic E-state index is -0.757. The first-order valence-corrected chi connectivity index (χ1v) is 5.57. The molecule has 2 nitrogen and oxygen atoms in total. The number of benzene rings is 1. The normalized spacial score (nSPS) is 12.7. The minimum Gasteiger partial charge on any atom is -0.393 e. The fourth-order valence-corrected chi connectivity index (χ4v) is 2.37. The molecule has 0 aliphatic carbocycles. The molecule has 0 aliphatic rings. The second-order valence-electron chi connectivity index (χ2n) is 3.27. The van der Waals surface area contributed by atoms with Crippen molar-refractivity contribution in [3.8, 4) is 10.4 Å². The Hall–Kier alpha value is -1.16. The first kappa shape index (κ1) is 10.4. The molecule has 2 rings (SSSR count). The number of thiophene rings is 1. The molecule has 1 atom stereocenters. The third kappa shape index (κ3) is 2.26. The lowest BCUT2D eigenvalue weighted by atomic mass is 10.2. The topological polar surface area (TPSA) is 40.5 Å². The van der Waals surface area contributed by atoms with Gasteiger partial charge in [0.15, 0.2) is 0 Å². The summed E-state index contributed by atoms with van der Waals surface area (Å²) in [6.45, 7) is -0.227. The largest absolute Gasteiger partial charge is 0.393 e. The molecule has 0 amide bonds. The summed E-state index contributed by atoms with van der Waals surface area (Å²) in [5, 5.41) is 18.3. The smallest absolute Gasteiger partial charge is 0.111 e. The van der Waals surface area contributed by atoms with Crippen LogP contribution in [0, 0.1) is 0 Å². The Morgan fingerprint density at radius 2 is 1.80 bits per heavy atom. The third-order valence-electron chi connectivity index (χ3n) is 2.19. The standard InChI is InChI=1S/C12H12O2S/c13-8-10(14)12-7-6-11(15-12)9-4-2-1-3-5-9/h1-7,10,13-14H,8H2. The molecular weight excluding hydrogens is 208 g/mol. The lowest BCUT2D eigenvalue weighted by Gasteiger charge is -2.02. The summed E-state index contributed by atoms with van der Waals surface area (Å²) in [4.78, 5) is 1.91. The summed E-state index contributed by atoms with van der Waals surface area (Å²) < 4.78 is 0. The minimum absolute atomic E-state index is 0.227. The van der Waals surface area contributed by atoms with Crippen LogP contribution in [-0.4, -0.2) is 16.8 Å². The fourth-order valence-electron chi connectivity index (χ4n) is 1.38. The van der Waals surface area contributed by atoms with Crippen molar-refractivity contribution in [2.24, 2.45) is 0 Å². The van der Waals surface area contributed by atoms with Gasteiger partial charge in [-0.2, -0.15) is 0 Å². The van der Waals surface area contributed by atoms with Crippen LogP contribution in [0.3, 0.4) is 0 Å². The van der Waals surface area contributed by atoms with Gasteiger partial charge in [-0.1, -0.05) is 30.3 Å². The molecule has 2 N–H and O–H groups in total. The maximum Gasteiger partial charge on any atom is 0.111 e. The number of rotatable bonds is 3. The van der Waals surface area contributed by atoms with E-state index in [1.165, 1.54) is 11.3 Å². The molecule has 0 aliphatic heterocycles. The highest BCUT2D eigenvalue weighted by molar-refractivity contribution is 7.15. The Labute approximate surface area is 92.4 Å². The summed E-state index contributed by atoms with van der Waals surface area (Å²) in [6, 6.07) is 13.8. The second-order valence-corrected chi connectivity index (χ2v) is 4.38. The van der Waals surface area contributed by atoms with E-state index in [1.807, 2.05) is 42.5 Å². The van der Waals surface area contributed by atoms with Crippen LogP contribution in [0.4, 0.5) is 0 Å². The number of aliphatic hydroxyl groups is 2. The molecule has 3 heteroatoms. The summed E-state index contributed by atoms with van der Waals surface area (Å²) in [5.41, 5.74) is 1.14. The third-order valence-corrected chi connectivity index (χ3v) is 3.42. The van der Waals surface area contributed by atoms with E-state index in [4.69, 9.17) is 5.11 Å². The highest BCUT2D eigenvalue weighted by atomic mass is 32.1. The molecule has 1 aromatic heterocycles. The van der Waals surface area contributed by atoms with E-state index in [0.29, 0.717) is 0 Å². The Kier molecular flexibility index (Phi) is 3.16. The summed E-state index contributed by atoms with van der Waals surface area (Å²) in [5.74, 6) is 0. The van der Waals surface area contributed by atoms with Crippen LogP contribution in [-0.2, 0) is 0 Å². The van der Waals surface area contributed by atoms with Crippen molar-refractivity contribution in [1.29, 1.82) is 0 Å². The van der Waals surface area contributed by atoms with Gasteiger partial charge in [-0.25, -0.2) is 0 Å². The molecule has 0 bridgehead atoms. The Bertz CT molecular complexity index is 422. The van der Waals surface area contributed by atoms with E-state index >= 15 is 0 Å². The predicted molar refractivity (Wildman–Crippen MR) is 61.8 cm³/mol. The van der Waals surface area contributed by atoms with Gasteiger partial charge in [-0.3, -0.25) is 0 Å². The van der Waals surface area contributed by atoms with E-state index in [9.17, 15) is 5.11 Å². The van der Waals surface area contributed by atoms with E-state index in [-0.39, 0.29) is 6.61 Å². The molecule has 2 aromatic rings. The summed E-state index contributed by atoms with van der Waals surface area (Å²) in [7, 11) is 0. The number of hydrogen-bond acceptors (Lipinski definition) is 3. The molecule has 1 heterocycles. The van der Waals surface area contributed by atoms with Crippen molar-refractivity contribution in [2.45, 2.75) is 6.10 Å². The van der Waals surface area contributed by atoms with E-state index < -0.39 is 6.10 Å². The molecule has 15 heavy (non-hydrogen) atoms. The van der Waals surface area contributed by atoms with Gasteiger partial charge in [0.25, 0.3) is 0 Å². The monoisotopic (exact) mass is 220 g/mol. The average Bonchev–Trinajstić information content (AvgIpc) is 2.78. The summed E-state index contributed by atoms with van der Waals surface area (Å²) in [6.07, 6.45) is -0.757. The molecule has 78 valence electrons. The first-order valence-electron chi connectivity index (χ1n) is 4.75. The molecular formula is C12H12O2S. The second kappa shape index (κ2) is 4.57. The number of hydrogen-bond donors (Lipinski definition) is 2. The van der Waals surface area contributed by atoms with Crippen molar-refractivity contribution >= 4 is 11.3 Å². The quantitative estimate of drug-likeness (QED) is 0.834. The van der Waals surface area contributed by atoms with Gasteiger partial charge < -0.3 is 10.2 Å². The molecule has 0 fully saturated rings. The fraction of sp³-hybridized carbons (Fsp3) is 0.167. The van der Waals surface area contributed by atoms with Crippen LogP contribution in [0.15, 0.2) is 42.5 Å². The van der Waals surface area contributed by atoms with Crippen LogP contribution in [0.5, 0.6) is 0 Å². The van der Waals surface area contributed by atoms with Crippen molar-refractivity contribution in [1.82, 2.24) is 0 Å². The van der Waals surface area contributed by atoms with Crippen LogP contribution >= 0.6 is 11.3 Å². The van der Waals surface area contributed by atoms with Gasteiger partial charge in [0, 0.05) is 9.75 Å². The average molecular weight is 220 g/mol. The van der Waals surface area contributed by atoms with Crippen LogP contribution in [0.1, 0.15) is 11.0 Å². The SMILES string of the molecule is OCC(O)c1ccc(-c2ccccc2)s1. The van der Waals surface area contributed by atoms with Crippen molar-refractivity contribution in [3.05, 3.63) is 47.3 Å². The highest BCUT2D eigenvalue weighted by Crippen LogP contribution is 2.30. The summed E-state index contributed by atoms with van der Waals surface area (Å²) >= 11 is 1.51. The maximum atomic E-state index is 9.45. The van der Waals surface area contributed by atoms with E-state index in [2.05, 4.69) is 0 Å². The van der Waals surface area contributed by atoms with E-state index in [0.717, 1.165) is 15.3 Å². The van der Waals surface area contributed by atoms with Crippen molar-refractivity contribution < 1.29 is 10.2 Å². The Balaban J connectivity index is 2.28. The zero-order chi connectivity index (χ0) is 10.7. The van der Waals surface area contributed by atoms with Crippen LogP contribution in [0.25, 0.3) is 10.4 Å². The van der Waals surface area contributed by atoms with Gasteiger partial charge >= 0.3 is 0 Å². The van der Waals surface area contributed by atoms with Gasteiger partial charge in [0.1, 0.15) is 6.10 Å². The predicted octanol–water partition coefficient (Wildman–Crippen LogP) is 2.44. The zero-order valence-corrected chi connectivity index (χ0v) is 8.95. The molecule has 1 unspecified atom stereocenters. The Morgan fingerprint density at radius 3 is 2.47 bits per heavy atom. The molecule has 0 saturated heterocycles. The van der Waals surface area contributed by atoms with Gasteiger partial charge in [-0.15, -0.1) is 11.3 Å². The lowest BCUT2D eigenvalue weighted by molar-refractivity contribution is 0.0984. The van der Waals surface area contributed by atoms with Crippen LogP contribution in [0.2, 0.25) is 0 Å². The molecule has 0 saturated carbocycles.